The standard InChI is InChI=1S/C13H16FN3O4/c1-7-5-16(6-8(2)21-7)13(18)9-3-11(15)10(14)4-12(9)17(19)20/h3-4,7-8H,5-6,15H2,1-2H3/t7-,8+. The first-order valence-corrected chi connectivity index (χ1v) is 6.47. The Labute approximate surface area is 120 Å². The van der Waals surface area contributed by atoms with E-state index in [1.54, 1.807) is 0 Å². The molecular weight excluding hydrogens is 281 g/mol. The summed E-state index contributed by atoms with van der Waals surface area (Å²) in [6, 6.07) is 1.69. The smallest absolute Gasteiger partial charge is 0.285 e. The zero-order valence-corrected chi connectivity index (χ0v) is 11.7. The minimum absolute atomic E-state index is 0.172. The Hall–Kier alpha value is -2.22. The number of rotatable bonds is 2. The second-order valence-corrected chi connectivity index (χ2v) is 5.12. The lowest BCUT2D eigenvalue weighted by molar-refractivity contribution is -0.385. The number of hydrogen-bond acceptors (Lipinski definition) is 5. The highest BCUT2D eigenvalue weighted by molar-refractivity contribution is 5.99. The van der Waals surface area contributed by atoms with E-state index in [2.05, 4.69) is 0 Å². The number of nitro groups is 1. The highest BCUT2D eigenvalue weighted by Crippen LogP contribution is 2.26. The molecule has 0 spiro atoms. The summed E-state index contributed by atoms with van der Waals surface area (Å²) in [5.41, 5.74) is 4.33. The molecule has 0 aliphatic carbocycles. The maximum atomic E-state index is 13.4. The normalized spacial score (nSPS) is 22.1. The number of hydrogen-bond donors (Lipinski definition) is 1. The summed E-state index contributed by atoms with van der Waals surface area (Å²) in [6.07, 6.45) is -0.343. The number of nitrogen functional groups attached to an aromatic ring is 1. The largest absolute Gasteiger partial charge is 0.396 e. The first kappa shape index (κ1) is 15.2. The molecule has 1 aromatic rings. The van der Waals surface area contributed by atoms with Gasteiger partial charge < -0.3 is 15.4 Å². The monoisotopic (exact) mass is 297 g/mol. The summed E-state index contributed by atoms with van der Waals surface area (Å²) in [6.45, 7) is 4.25. The first-order valence-electron chi connectivity index (χ1n) is 6.47. The van der Waals surface area contributed by atoms with Gasteiger partial charge in [0.2, 0.25) is 0 Å². The summed E-state index contributed by atoms with van der Waals surface area (Å²) >= 11 is 0. The van der Waals surface area contributed by atoms with Crippen molar-refractivity contribution in [2.24, 2.45) is 0 Å². The van der Waals surface area contributed by atoms with Gasteiger partial charge in [0, 0.05) is 13.1 Å². The fourth-order valence-electron chi connectivity index (χ4n) is 2.42. The minimum atomic E-state index is -0.915. The van der Waals surface area contributed by atoms with Gasteiger partial charge in [-0.25, -0.2) is 4.39 Å². The minimum Gasteiger partial charge on any atom is -0.396 e. The summed E-state index contributed by atoms with van der Waals surface area (Å²) in [4.78, 5) is 24.1. The van der Waals surface area contributed by atoms with Crippen LogP contribution >= 0.6 is 0 Å². The van der Waals surface area contributed by atoms with Gasteiger partial charge in [-0.15, -0.1) is 0 Å². The predicted molar refractivity (Wildman–Crippen MR) is 73.4 cm³/mol. The summed E-state index contributed by atoms with van der Waals surface area (Å²) < 4.78 is 18.9. The average Bonchev–Trinajstić information content (AvgIpc) is 2.39. The molecule has 1 aliphatic heterocycles. The van der Waals surface area contributed by atoms with E-state index in [9.17, 15) is 19.3 Å². The van der Waals surface area contributed by atoms with E-state index in [1.807, 2.05) is 13.8 Å². The van der Waals surface area contributed by atoms with Crippen molar-refractivity contribution >= 4 is 17.3 Å². The van der Waals surface area contributed by atoms with E-state index in [-0.39, 0.29) is 23.5 Å². The number of carbonyl (C=O) groups excluding carboxylic acids is 1. The van der Waals surface area contributed by atoms with Crippen LogP contribution in [-0.2, 0) is 4.74 Å². The molecule has 2 atom stereocenters. The van der Waals surface area contributed by atoms with Crippen LogP contribution in [0.4, 0.5) is 15.8 Å². The second-order valence-electron chi connectivity index (χ2n) is 5.12. The molecule has 2 N–H and O–H groups in total. The lowest BCUT2D eigenvalue weighted by atomic mass is 10.1. The molecule has 0 saturated carbocycles. The van der Waals surface area contributed by atoms with Gasteiger partial charge in [-0.3, -0.25) is 14.9 Å². The number of benzene rings is 1. The van der Waals surface area contributed by atoms with Crippen molar-refractivity contribution in [1.82, 2.24) is 4.90 Å². The lowest BCUT2D eigenvalue weighted by Crippen LogP contribution is -2.48. The number of nitro benzene ring substituents is 1. The van der Waals surface area contributed by atoms with Gasteiger partial charge in [-0.05, 0) is 19.9 Å². The van der Waals surface area contributed by atoms with Gasteiger partial charge >= 0.3 is 0 Å². The molecule has 0 radical (unpaired) electrons. The second kappa shape index (κ2) is 5.65. The third-order valence-electron chi connectivity index (χ3n) is 3.25. The Morgan fingerprint density at radius 3 is 2.52 bits per heavy atom. The van der Waals surface area contributed by atoms with Crippen molar-refractivity contribution in [1.29, 1.82) is 0 Å². The molecule has 1 aliphatic rings. The van der Waals surface area contributed by atoms with E-state index >= 15 is 0 Å². The van der Waals surface area contributed by atoms with Gasteiger partial charge in [0.25, 0.3) is 11.6 Å². The molecule has 1 amide bonds. The van der Waals surface area contributed by atoms with Crippen LogP contribution in [0.2, 0.25) is 0 Å². The Bertz CT molecular complexity index is 583. The van der Waals surface area contributed by atoms with Crippen molar-refractivity contribution in [3.63, 3.8) is 0 Å². The third-order valence-corrected chi connectivity index (χ3v) is 3.25. The first-order chi connectivity index (χ1) is 9.79. The molecule has 21 heavy (non-hydrogen) atoms. The van der Waals surface area contributed by atoms with Gasteiger partial charge in [0.1, 0.15) is 5.56 Å². The Morgan fingerprint density at radius 1 is 1.43 bits per heavy atom. The number of carbonyl (C=O) groups is 1. The number of ether oxygens (including phenoxy) is 1. The summed E-state index contributed by atoms with van der Waals surface area (Å²) in [5.74, 6) is -1.46. The van der Waals surface area contributed by atoms with Gasteiger partial charge in [-0.1, -0.05) is 0 Å². The number of amides is 1. The fraction of sp³-hybridized carbons (Fsp3) is 0.462. The molecule has 0 unspecified atom stereocenters. The highest BCUT2D eigenvalue weighted by atomic mass is 19.1. The van der Waals surface area contributed by atoms with E-state index in [0.717, 1.165) is 6.07 Å². The van der Waals surface area contributed by atoms with E-state index in [0.29, 0.717) is 19.2 Å². The predicted octanol–water partition coefficient (Wildman–Crippen LogP) is 1.57. The van der Waals surface area contributed by atoms with Gasteiger partial charge in [0.15, 0.2) is 5.82 Å². The van der Waals surface area contributed by atoms with E-state index in [4.69, 9.17) is 10.5 Å². The van der Waals surface area contributed by atoms with Crippen molar-refractivity contribution in [3.8, 4) is 0 Å². The van der Waals surface area contributed by atoms with Gasteiger partial charge in [-0.2, -0.15) is 0 Å². The topological polar surface area (TPSA) is 98.7 Å². The molecule has 1 aromatic carbocycles. The third kappa shape index (κ3) is 3.10. The SMILES string of the molecule is C[C@@H]1CN(C(=O)c2cc(N)c(F)cc2[N+](=O)[O-])C[C@H](C)O1. The number of halogens is 1. The molecule has 114 valence electrons. The average molecular weight is 297 g/mol. The van der Waals surface area contributed by atoms with E-state index in [1.165, 1.54) is 4.90 Å². The van der Waals surface area contributed by atoms with Gasteiger partial charge in [0.05, 0.1) is 28.9 Å². The van der Waals surface area contributed by atoms with Crippen LogP contribution in [-0.4, -0.2) is 41.0 Å². The summed E-state index contributed by atoms with van der Waals surface area (Å²) in [7, 11) is 0. The number of anilines is 1. The van der Waals surface area contributed by atoms with Crippen LogP contribution in [0.5, 0.6) is 0 Å². The Kier molecular flexibility index (Phi) is 4.08. The molecule has 0 aromatic heterocycles. The Balaban J connectivity index is 2.38. The zero-order valence-electron chi connectivity index (χ0n) is 11.7. The molecule has 8 heteroatoms. The van der Waals surface area contributed by atoms with Crippen LogP contribution in [0.25, 0.3) is 0 Å². The van der Waals surface area contributed by atoms with E-state index < -0.39 is 22.3 Å². The molecule has 1 fully saturated rings. The number of nitrogens with two attached hydrogens (primary N) is 1. The quantitative estimate of drug-likeness (QED) is 0.507. The van der Waals surface area contributed by atoms with Crippen LogP contribution in [0.1, 0.15) is 24.2 Å². The lowest BCUT2D eigenvalue weighted by Gasteiger charge is -2.35. The van der Waals surface area contributed by atoms with Crippen molar-refractivity contribution in [2.45, 2.75) is 26.1 Å². The molecule has 1 heterocycles. The maximum absolute atomic E-state index is 13.4. The Morgan fingerprint density at radius 2 is 2.00 bits per heavy atom. The van der Waals surface area contributed by atoms with Crippen molar-refractivity contribution < 1.29 is 18.8 Å². The maximum Gasteiger partial charge on any atom is 0.285 e. The summed E-state index contributed by atoms with van der Waals surface area (Å²) in [5, 5.41) is 11.0. The number of morpholine rings is 1. The van der Waals surface area contributed by atoms with Crippen LogP contribution in [0, 0.1) is 15.9 Å². The molecule has 2 rings (SSSR count). The van der Waals surface area contributed by atoms with Crippen LogP contribution in [0.3, 0.4) is 0 Å². The van der Waals surface area contributed by atoms with Crippen molar-refractivity contribution in [3.05, 3.63) is 33.6 Å². The zero-order chi connectivity index (χ0) is 15.7. The van der Waals surface area contributed by atoms with Crippen LogP contribution in [0.15, 0.2) is 12.1 Å². The molecule has 7 nitrogen and oxygen atoms in total. The van der Waals surface area contributed by atoms with Crippen LogP contribution < -0.4 is 5.73 Å². The highest BCUT2D eigenvalue weighted by Gasteiger charge is 2.31. The molecule has 0 bridgehead atoms. The van der Waals surface area contributed by atoms with Crippen molar-refractivity contribution in [2.75, 3.05) is 18.8 Å². The fourth-order valence-corrected chi connectivity index (χ4v) is 2.42. The molecule has 1 saturated heterocycles. The molecular formula is C13H16FN3O4. The number of nitrogens with zero attached hydrogens (tertiary/aromatic N) is 2.